The van der Waals surface area contributed by atoms with Crippen LogP contribution in [0.3, 0.4) is 0 Å². The highest BCUT2D eigenvalue weighted by Crippen LogP contribution is 2.15. The molecule has 3 unspecified atom stereocenters. The van der Waals surface area contributed by atoms with E-state index < -0.39 is 6.10 Å². The van der Waals surface area contributed by atoms with Crippen LogP contribution in [-0.2, 0) is 16.0 Å². The first-order valence-electron chi connectivity index (χ1n) is 7.35. The SMILES string of the molecule is CC(=O)NC1COC(CN(C)CCc2ccccc2)C1O. The van der Waals surface area contributed by atoms with Gasteiger partial charge >= 0.3 is 0 Å². The van der Waals surface area contributed by atoms with Crippen molar-refractivity contribution in [3.63, 3.8) is 0 Å². The number of amides is 1. The highest BCUT2D eigenvalue weighted by Gasteiger charge is 2.36. The van der Waals surface area contributed by atoms with Gasteiger partial charge in [-0.25, -0.2) is 0 Å². The topological polar surface area (TPSA) is 61.8 Å². The Bertz CT molecular complexity index is 452. The normalized spacial score (nSPS) is 25.2. The van der Waals surface area contributed by atoms with Crippen LogP contribution < -0.4 is 5.32 Å². The van der Waals surface area contributed by atoms with Gasteiger partial charge in [0.2, 0.25) is 5.91 Å². The quantitative estimate of drug-likeness (QED) is 0.798. The van der Waals surface area contributed by atoms with Gasteiger partial charge in [0.1, 0.15) is 6.10 Å². The van der Waals surface area contributed by atoms with Crippen molar-refractivity contribution < 1.29 is 14.6 Å². The minimum absolute atomic E-state index is 0.138. The summed E-state index contributed by atoms with van der Waals surface area (Å²) in [7, 11) is 2.02. The highest BCUT2D eigenvalue weighted by atomic mass is 16.5. The Morgan fingerprint density at radius 2 is 2.14 bits per heavy atom. The van der Waals surface area contributed by atoms with Gasteiger partial charge < -0.3 is 20.1 Å². The van der Waals surface area contributed by atoms with Crippen molar-refractivity contribution >= 4 is 5.91 Å². The molecule has 3 atom stereocenters. The predicted molar refractivity (Wildman–Crippen MR) is 81.0 cm³/mol. The average molecular weight is 292 g/mol. The van der Waals surface area contributed by atoms with E-state index in [4.69, 9.17) is 4.74 Å². The number of carbonyl (C=O) groups is 1. The van der Waals surface area contributed by atoms with E-state index in [0.29, 0.717) is 13.2 Å². The number of nitrogens with zero attached hydrogens (tertiary/aromatic N) is 1. The fourth-order valence-electron chi connectivity index (χ4n) is 2.60. The number of aliphatic hydroxyl groups excluding tert-OH is 1. The van der Waals surface area contributed by atoms with Gasteiger partial charge in [-0.2, -0.15) is 0 Å². The smallest absolute Gasteiger partial charge is 0.217 e. The van der Waals surface area contributed by atoms with E-state index in [1.54, 1.807) is 0 Å². The second-order valence-electron chi connectivity index (χ2n) is 5.67. The van der Waals surface area contributed by atoms with Gasteiger partial charge in [-0.1, -0.05) is 30.3 Å². The largest absolute Gasteiger partial charge is 0.388 e. The molecule has 21 heavy (non-hydrogen) atoms. The molecule has 0 aliphatic carbocycles. The number of aliphatic hydroxyl groups is 1. The zero-order chi connectivity index (χ0) is 15.2. The van der Waals surface area contributed by atoms with Crippen LogP contribution in [0.25, 0.3) is 0 Å². The minimum atomic E-state index is -0.645. The van der Waals surface area contributed by atoms with Crippen LogP contribution in [0, 0.1) is 0 Å². The van der Waals surface area contributed by atoms with Crippen molar-refractivity contribution in [3.8, 4) is 0 Å². The number of likely N-dealkylation sites (N-methyl/N-ethyl adjacent to an activating group) is 1. The molecular formula is C16H24N2O3. The Kier molecular flexibility index (Phi) is 5.73. The van der Waals surface area contributed by atoms with Crippen LogP contribution in [-0.4, -0.2) is 60.9 Å². The fraction of sp³-hybridized carbons (Fsp3) is 0.562. The number of hydrogen-bond donors (Lipinski definition) is 2. The number of hydrogen-bond acceptors (Lipinski definition) is 4. The molecule has 1 aliphatic rings. The third-order valence-corrected chi connectivity index (χ3v) is 3.79. The standard InChI is InChI=1S/C16H24N2O3/c1-12(19)17-14-11-21-15(16(14)20)10-18(2)9-8-13-6-4-3-5-7-13/h3-7,14-16,20H,8-11H2,1-2H3,(H,17,19). The Morgan fingerprint density at radius 1 is 1.43 bits per heavy atom. The zero-order valence-electron chi connectivity index (χ0n) is 12.7. The number of ether oxygens (including phenoxy) is 1. The number of rotatable bonds is 6. The number of nitrogens with one attached hydrogen (secondary N) is 1. The van der Waals surface area contributed by atoms with Crippen molar-refractivity contribution in [3.05, 3.63) is 35.9 Å². The summed E-state index contributed by atoms with van der Waals surface area (Å²) in [6.07, 6.45) is 0.0747. The van der Waals surface area contributed by atoms with Gasteiger partial charge in [-0.15, -0.1) is 0 Å². The fourth-order valence-corrected chi connectivity index (χ4v) is 2.60. The van der Waals surface area contributed by atoms with E-state index >= 15 is 0 Å². The van der Waals surface area contributed by atoms with Gasteiger partial charge in [0.15, 0.2) is 0 Å². The second kappa shape index (κ2) is 7.54. The maximum absolute atomic E-state index is 11.0. The maximum atomic E-state index is 11.0. The monoisotopic (exact) mass is 292 g/mol. The summed E-state index contributed by atoms with van der Waals surface area (Å²) in [5.74, 6) is -0.138. The summed E-state index contributed by atoms with van der Waals surface area (Å²) in [4.78, 5) is 13.2. The molecule has 1 aromatic rings. The Labute approximate surface area is 125 Å². The summed E-state index contributed by atoms with van der Waals surface area (Å²) < 4.78 is 5.60. The number of benzene rings is 1. The van der Waals surface area contributed by atoms with Crippen molar-refractivity contribution in [2.75, 3.05) is 26.7 Å². The molecule has 0 radical (unpaired) electrons. The second-order valence-corrected chi connectivity index (χ2v) is 5.67. The molecule has 0 aromatic heterocycles. The van der Waals surface area contributed by atoms with Gasteiger partial charge in [-0.3, -0.25) is 4.79 Å². The summed E-state index contributed by atoms with van der Waals surface area (Å²) in [6, 6.07) is 10.0. The van der Waals surface area contributed by atoms with Crippen molar-refractivity contribution in [2.24, 2.45) is 0 Å². The highest BCUT2D eigenvalue weighted by molar-refractivity contribution is 5.73. The molecule has 2 rings (SSSR count). The third-order valence-electron chi connectivity index (χ3n) is 3.79. The summed E-state index contributed by atoms with van der Waals surface area (Å²) >= 11 is 0. The van der Waals surface area contributed by atoms with E-state index in [9.17, 15) is 9.90 Å². The van der Waals surface area contributed by atoms with E-state index in [1.165, 1.54) is 12.5 Å². The molecule has 0 bridgehead atoms. The lowest BCUT2D eigenvalue weighted by atomic mass is 10.1. The first-order valence-corrected chi connectivity index (χ1v) is 7.35. The Balaban J connectivity index is 1.75. The van der Waals surface area contributed by atoms with Crippen LogP contribution >= 0.6 is 0 Å². The van der Waals surface area contributed by atoms with E-state index in [0.717, 1.165) is 13.0 Å². The molecule has 1 aliphatic heterocycles. The van der Waals surface area contributed by atoms with Gasteiger partial charge in [-0.05, 0) is 19.0 Å². The molecule has 0 spiro atoms. The molecular weight excluding hydrogens is 268 g/mol. The molecule has 1 saturated heterocycles. The van der Waals surface area contributed by atoms with Crippen LogP contribution in [0.1, 0.15) is 12.5 Å². The first kappa shape index (κ1) is 15.9. The predicted octanol–water partition coefficient (Wildman–Crippen LogP) is 0.425. The van der Waals surface area contributed by atoms with Gasteiger partial charge in [0.25, 0.3) is 0 Å². The maximum Gasteiger partial charge on any atom is 0.217 e. The van der Waals surface area contributed by atoms with Gasteiger partial charge in [0, 0.05) is 20.0 Å². The Hall–Kier alpha value is -1.43. The summed E-state index contributed by atoms with van der Waals surface area (Å²) in [5.41, 5.74) is 1.30. The number of carbonyl (C=O) groups excluding carboxylic acids is 1. The van der Waals surface area contributed by atoms with Gasteiger partial charge in [0.05, 0.1) is 18.8 Å². The van der Waals surface area contributed by atoms with Crippen molar-refractivity contribution in [1.82, 2.24) is 10.2 Å². The Morgan fingerprint density at radius 3 is 2.81 bits per heavy atom. The third kappa shape index (κ3) is 4.81. The van der Waals surface area contributed by atoms with E-state index in [2.05, 4.69) is 22.3 Å². The minimum Gasteiger partial charge on any atom is -0.388 e. The molecule has 5 nitrogen and oxygen atoms in total. The molecule has 1 fully saturated rings. The lowest BCUT2D eigenvalue weighted by Gasteiger charge is -2.23. The van der Waals surface area contributed by atoms with Crippen LogP contribution in [0.2, 0.25) is 0 Å². The van der Waals surface area contributed by atoms with Crippen LogP contribution in [0.5, 0.6) is 0 Å². The molecule has 5 heteroatoms. The molecule has 2 N–H and O–H groups in total. The molecule has 1 amide bonds. The lowest BCUT2D eigenvalue weighted by molar-refractivity contribution is -0.120. The molecule has 1 aromatic carbocycles. The van der Waals surface area contributed by atoms with Crippen LogP contribution in [0.15, 0.2) is 30.3 Å². The van der Waals surface area contributed by atoms with E-state index in [1.807, 2.05) is 25.2 Å². The van der Waals surface area contributed by atoms with Crippen LogP contribution in [0.4, 0.5) is 0 Å². The molecule has 0 saturated carbocycles. The molecule has 1 heterocycles. The lowest BCUT2D eigenvalue weighted by Crippen LogP contribution is -2.45. The van der Waals surface area contributed by atoms with Crippen molar-refractivity contribution in [1.29, 1.82) is 0 Å². The van der Waals surface area contributed by atoms with E-state index in [-0.39, 0.29) is 18.1 Å². The summed E-state index contributed by atoms with van der Waals surface area (Å²) in [5, 5.41) is 12.9. The first-order chi connectivity index (χ1) is 10.1. The zero-order valence-corrected chi connectivity index (χ0v) is 12.7. The summed E-state index contributed by atoms with van der Waals surface area (Å²) in [6.45, 7) is 3.38. The van der Waals surface area contributed by atoms with Crippen molar-refractivity contribution in [2.45, 2.75) is 31.6 Å². The molecule has 116 valence electrons. The average Bonchev–Trinajstić information content (AvgIpc) is 2.79.